The zero-order chi connectivity index (χ0) is 19.0. The van der Waals surface area contributed by atoms with Gasteiger partial charge in [0, 0.05) is 67.4 Å². The predicted molar refractivity (Wildman–Crippen MR) is 101 cm³/mol. The van der Waals surface area contributed by atoms with Gasteiger partial charge in [0.2, 0.25) is 5.91 Å². The number of piperidine rings is 1. The van der Waals surface area contributed by atoms with E-state index in [9.17, 15) is 9.59 Å². The summed E-state index contributed by atoms with van der Waals surface area (Å²) in [6.07, 6.45) is 7.73. The molecule has 1 saturated heterocycles. The normalized spacial score (nSPS) is 17.6. The summed E-state index contributed by atoms with van der Waals surface area (Å²) >= 11 is 0. The van der Waals surface area contributed by atoms with Crippen molar-refractivity contribution in [1.29, 1.82) is 0 Å². The summed E-state index contributed by atoms with van der Waals surface area (Å²) in [4.78, 5) is 35.5. The molecular formula is C19H24N6O2. The summed E-state index contributed by atoms with van der Waals surface area (Å²) in [5.41, 5.74) is 2.96. The molecule has 1 atom stereocenters. The molecule has 1 aliphatic rings. The van der Waals surface area contributed by atoms with Gasteiger partial charge in [-0.25, -0.2) is 14.5 Å². The van der Waals surface area contributed by atoms with Crippen LogP contribution in [0.1, 0.15) is 42.1 Å². The van der Waals surface area contributed by atoms with Crippen molar-refractivity contribution in [2.24, 2.45) is 0 Å². The van der Waals surface area contributed by atoms with Gasteiger partial charge in [-0.2, -0.15) is 0 Å². The van der Waals surface area contributed by atoms with Crippen molar-refractivity contribution in [3.8, 4) is 0 Å². The highest BCUT2D eigenvalue weighted by Crippen LogP contribution is 2.26. The van der Waals surface area contributed by atoms with Gasteiger partial charge in [-0.05, 0) is 26.7 Å². The molecule has 0 bridgehead atoms. The fraction of sp³-hybridized carbons (Fsp3) is 0.474. The van der Waals surface area contributed by atoms with Crippen LogP contribution in [0.15, 0.2) is 29.6 Å². The maximum absolute atomic E-state index is 12.6. The maximum atomic E-state index is 12.6. The minimum Gasteiger partial charge on any atom is -0.342 e. The highest BCUT2D eigenvalue weighted by Gasteiger charge is 2.26. The average molecular weight is 368 g/mol. The van der Waals surface area contributed by atoms with Crippen LogP contribution in [-0.4, -0.2) is 48.0 Å². The van der Waals surface area contributed by atoms with Gasteiger partial charge in [0.15, 0.2) is 5.65 Å². The van der Waals surface area contributed by atoms with E-state index >= 15 is 0 Å². The van der Waals surface area contributed by atoms with Gasteiger partial charge in [0.05, 0.1) is 6.33 Å². The van der Waals surface area contributed by atoms with Crippen LogP contribution in [0.5, 0.6) is 0 Å². The molecule has 8 heteroatoms. The highest BCUT2D eigenvalue weighted by molar-refractivity contribution is 5.76. The number of carbonyl (C=O) groups is 1. The Kier molecular flexibility index (Phi) is 4.55. The summed E-state index contributed by atoms with van der Waals surface area (Å²) in [7, 11) is 0. The molecule has 0 aliphatic carbocycles. The van der Waals surface area contributed by atoms with Crippen LogP contribution in [0.25, 0.3) is 5.65 Å². The first-order valence-corrected chi connectivity index (χ1v) is 9.35. The molecule has 0 spiro atoms. The lowest BCUT2D eigenvalue weighted by Gasteiger charge is -2.32. The van der Waals surface area contributed by atoms with Gasteiger partial charge >= 0.3 is 0 Å². The number of H-pyrrole nitrogens is 1. The Morgan fingerprint density at radius 1 is 1.37 bits per heavy atom. The van der Waals surface area contributed by atoms with Crippen LogP contribution in [-0.2, 0) is 11.3 Å². The first-order chi connectivity index (χ1) is 13.0. The Bertz CT molecular complexity index is 1020. The van der Waals surface area contributed by atoms with Gasteiger partial charge in [-0.1, -0.05) is 0 Å². The molecule has 4 rings (SSSR count). The third-order valence-corrected chi connectivity index (χ3v) is 5.46. The SMILES string of the molecule is Cc1nc2cc(C3CCCN(C(=O)CCn4ccnc4)C3)[nH]n2c(=O)c1C. The van der Waals surface area contributed by atoms with Gasteiger partial charge in [0.25, 0.3) is 5.56 Å². The lowest BCUT2D eigenvalue weighted by molar-refractivity contribution is -0.132. The Balaban J connectivity index is 1.49. The molecule has 1 amide bonds. The second kappa shape index (κ2) is 7.02. The first kappa shape index (κ1) is 17.5. The highest BCUT2D eigenvalue weighted by atomic mass is 16.2. The molecule has 3 aromatic rings. The number of hydrogen-bond acceptors (Lipinski definition) is 4. The molecule has 1 N–H and O–H groups in total. The van der Waals surface area contributed by atoms with Crippen LogP contribution in [0.3, 0.4) is 0 Å². The molecule has 4 heterocycles. The molecule has 0 radical (unpaired) electrons. The number of aromatic amines is 1. The van der Waals surface area contributed by atoms with E-state index in [2.05, 4.69) is 15.1 Å². The van der Waals surface area contributed by atoms with Crippen molar-refractivity contribution in [2.45, 2.75) is 45.6 Å². The van der Waals surface area contributed by atoms with Gasteiger partial charge < -0.3 is 9.47 Å². The van der Waals surface area contributed by atoms with Crippen molar-refractivity contribution in [3.63, 3.8) is 0 Å². The molecule has 0 aromatic carbocycles. The molecule has 1 fully saturated rings. The van der Waals surface area contributed by atoms with E-state index in [1.165, 1.54) is 4.52 Å². The van der Waals surface area contributed by atoms with Gasteiger partial charge in [-0.3, -0.25) is 14.7 Å². The number of rotatable bonds is 4. The average Bonchev–Trinajstić information content (AvgIpc) is 3.34. The fourth-order valence-corrected chi connectivity index (χ4v) is 3.71. The third kappa shape index (κ3) is 3.39. The van der Waals surface area contributed by atoms with Gasteiger partial charge in [0.1, 0.15) is 0 Å². The Morgan fingerprint density at radius 2 is 2.22 bits per heavy atom. The molecule has 0 saturated carbocycles. The Morgan fingerprint density at radius 3 is 3.00 bits per heavy atom. The van der Waals surface area contributed by atoms with Crippen LogP contribution in [0.2, 0.25) is 0 Å². The zero-order valence-corrected chi connectivity index (χ0v) is 15.7. The molecule has 142 valence electrons. The van der Waals surface area contributed by atoms with Crippen molar-refractivity contribution >= 4 is 11.6 Å². The lowest BCUT2D eigenvalue weighted by Crippen LogP contribution is -2.39. The molecular weight excluding hydrogens is 344 g/mol. The number of fused-ring (bicyclic) bond motifs is 1. The smallest absolute Gasteiger partial charge is 0.275 e. The summed E-state index contributed by atoms with van der Waals surface area (Å²) in [6, 6.07) is 1.94. The monoisotopic (exact) mass is 368 g/mol. The summed E-state index contributed by atoms with van der Waals surface area (Å²) in [6.45, 7) is 5.74. The van der Waals surface area contributed by atoms with E-state index in [0.717, 1.165) is 30.8 Å². The van der Waals surface area contributed by atoms with Crippen LogP contribution < -0.4 is 5.56 Å². The van der Waals surface area contributed by atoms with Crippen molar-refractivity contribution in [1.82, 2.24) is 29.0 Å². The molecule has 3 aromatic heterocycles. The number of likely N-dealkylation sites (tertiary alicyclic amines) is 1. The quantitative estimate of drug-likeness (QED) is 0.758. The van der Waals surface area contributed by atoms with E-state index < -0.39 is 0 Å². The third-order valence-electron chi connectivity index (χ3n) is 5.46. The molecule has 1 aliphatic heterocycles. The number of aryl methyl sites for hydroxylation is 2. The van der Waals surface area contributed by atoms with Crippen LogP contribution in [0, 0.1) is 13.8 Å². The zero-order valence-electron chi connectivity index (χ0n) is 15.7. The van der Waals surface area contributed by atoms with Gasteiger partial charge in [-0.15, -0.1) is 0 Å². The lowest BCUT2D eigenvalue weighted by atomic mass is 9.94. The van der Waals surface area contributed by atoms with Crippen molar-refractivity contribution in [3.05, 3.63) is 52.1 Å². The van der Waals surface area contributed by atoms with Crippen LogP contribution >= 0.6 is 0 Å². The number of nitrogens with one attached hydrogen (secondary N) is 1. The number of nitrogens with zero attached hydrogens (tertiary/aromatic N) is 5. The van der Waals surface area contributed by atoms with Crippen LogP contribution in [0.4, 0.5) is 0 Å². The predicted octanol–water partition coefficient (Wildman–Crippen LogP) is 1.63. The van der Waals surface area contributed by atoms with E-state index in [1.54, 1.807) is 19.4 Å². The van der Waals surface area contributed by atoms with Crippen molar-refractivity contribution in [2.75, 3.05) is 13.1 Å². The maximum Gasteiger partial charge on any atom is 0.275 e. The Hall–Kier alpha value is -2.90. The summed E-state index contributed by atoms with van der Waals surface area (Å²) in [5, 5.41) is 3.21. The Labute approximate surface area is 156 Å². The summed E-state index contributed by atoms with van der Waals surface area (Å²) < 4.78 is 3.43. The van der Waals surface area contributed by atoms with Crippen molar-refractivity contribution < 1.29 is 4.79 Å². The number of hydrogen-bond donors (Lipinski definition) is 1. The number of carbonyl (C=O) groups excluding carboxylic acids is 1. The standard InChI is InChI=1S/C19H24N6O2/c1-13-14(2)21-17-10-16(22-25(17)19(13)27)15-4-3-7-24(11-15)18(26)5-8-23-9-6-20-12-23/h6,9-10,12,15,22H,3-5,7-8,11H2,1-2H3. The van der Waals surface area contributed by atoms with E-state index in [0.29, 0.717) is 30.7 Å². The molecule has 1 unspecified atom stereocenters. The topological polar surface area (TPSA) is 88.3 Å². The first-order valence-electron chi connectivity index (χ1n) is 9.35. The largest absolute Gasteiger partial charge is 0.342 e. The minimum atomic E-state index is -0.0622. The van der Waals surface area contributed by atoms with E-state index in [-0.39, 0.29) is 17.4 Å². The fourth-order valence-electron chi connectivity index (χ4n) is 3.71. The van der Waals surface area contributed by atoms with E-state index in [4.69, 9.17) is 0 Å². The second-order valence-corrected chi connectivity index (χ2v) is 7.26. The second-order valence-electron chi connectivity index (χ2n) is 7.26. The number of amides is 1. The summed E-state index contributed by atoms with van der Waals surface area (Å²) in [5.74, 6) is 0.351. The number of aromatic nitrogens is 5. The number of imidazole rings is 1. The minimum absolute atomic E-state index is 0.0622. The molecule has 27 heavy (non-hydrogen) atoms. The molecule has 8 nitrogen and oxygen atoms in total. The van der Waals surface area contributed by atoms with E-state index in [1.807, 2.05) is 28.7 Å².